The quantitative estimate of drug-likeness (QED) is 0.316. The summed E-state index contributed by atoms with van der Waals surface area (Å²) >= 11 is 2.01. The van der Waals surface area contributed by atoms with E-state index in [1.165, 1.54) is 0 Å². The number of unbranched alkanes of at least 4 members (excludes halogenated alkanes) is 1. The van der Waals surface area contributed by atoms with Gasteiger partial charge in [0.15, 0.2) is 0 Å². The molecule has 4 N–H and O–H groups in total. The highest BCUT2D eigenvalue weighted by Crippen LogP contribution is 2.34. The number of carbonyl (C=O) groups is 2. The van der Waals surface area contributed by atoms with Crippen molar-refractivity contribution < 1.29 is 19.1 Å². The minimum absolute atomic E-state index is 0.0593. The van der Waals surface area contributed by atoms with Gasteiger partial charge in [-0.1, -0.05) is 33.8 Å². The van der Waals surface area contributed by atoms with Crippen molar-refractivity contribution in [1.82, 2.24) is 21.3 Å². The average Bonchev–Trinajstić information content (AvgIpc) is 3.22. The minimum atomic E-state index is -0.419. The predicted octanol–water partition coefficient (Wildman–Crippen LogP) is 2.36. The highest BCUT2D eigenvalue weighted by molar-refractivity contribution is 8.00. The molecule has 2 aliphatic heterocycles. The van der Waals surface area contributed by atoms with Crippen molar-refractivity contribution >= 4 is 23.8 Å². The first-order chi connectivity index (χ1) is 14.7. The van der Waals surface area contributed by atoms with Crippen LogP contribution in [0.5, 0.6) is 0 Å². The fourth-order valence-corrected chi connectivity index (χ4v) is 5.16. The SMILES string of the molecule is C=C1N[C@H]2[C@H](CCCCC(=O)NCCOCCOC(=O)NCCC(C)(C)C)SC[C@H]2N1. The minimum Gasteiger partial charge on any atom is -0.447 e. The molecule has 0 spiro atoms. The Labute approximate surface area is 191 Å². The van der Waals surface area contributed by atoms with Gasteiger partial charge in [0.05, 0.1) is 31.1 Å². The van der Waals surface area contributed by atoms with Gasteiger partial charge in [-0.2, -0.15) is 11.8 Å². The van der Waals surface area contributed by atoms with E-state index in [1.54, 1.807) is 0 Å². The molecule has 31 heavy (non-hydrogen) atoms. The topological polar surface area (TPSA) is 101 Å². The molecule has 0 aromatic carbocycles. The molecule has 8 nitrogen and oxygen atoms in total. The zero-order valence-corrected chi connectivity index (χ0v) is 20.1. The molecule has 0 bridgehead atoms. The predicted molar refractivity (Wildman–Crippen MR) is 125 cm³/mol. The highest BCUT2D eigenvalue weighted by atomic mass is 32.2. The van der Waals surface area contributed by atoms with Gasteiger partial charge in [0, 0.05) is 30.5 Å². The molecule has 2 aliphatic rings. The molecule has 2 amide bonds. The second kappa shape index (κ2) is 13.1. The van der Waals surface area contributed by atoms with Crippen LogP contribution in [0.4, 0.5) is 4.79 Å². The van der Waals surface area contributed by atoms with Crippen LogP contribution < -0.4 is 21.3 Å². The lowest BCUT2D eigenvalue weighted by Crippen LogP contribution is -2.36. The molecule has 3 atom stereocenters. The van der Waals surface area contributed by atoms with Crippen LogP contribution in [-0.4, -0.2) is 68.0 Å². The van der Waals surface area contributed by atoms with Crippen LogP contribution in [0, 0.1) is 5.41 Å². The van der Waals surface area contributed by atoms with Crippen molar-refractivity contribution in [3.05, 3.63) is 12.4 Å². The van der Waals surface area contributed by atoms with Crippen LogP contribution in [0.3, 0.4) is 0 Å². The molecule has 0 unspecified atom stereocenters. The van der Waals surface area contributed by atoms with Crippen molar-refractivity contribution in [1.29, 1.82) is 0 Å². The van der Waals surface area contributed by atoms with Crippen LogP contribution in [0.25, 0.3) is 0 Å². The lowest BCUT2D eigenvalue weighted by Gasteiger charge is -2.17. The van der Waals surface area contributed by atoms with Crippen LogP contribution in [0.15, 0.2) is 12.4 Å². The summed E-state index contributed by atoms with van der Waals surface area (Å²) in [4.78, 5) is 23.5. The first-order valence-corrected chi connectivity index (χ1v) is 12.4. The molecule has 2 saturated heterocycles. The molecule has 0 aliphatic carbocycles. The van der Waals surface area contributed by atoms with Gasteiger partial charge >= 0.3 is 6.09 Å². The third-order valence-corrected chi connectivity index (χ3v) is 6.85. The number of amides is 2. The van der Waals surface area contributed by atoms with Crippen molar-refractivity contribution in [2.75, 3.05) is 38.7 Å². The molecule has 9 heteroatoms. The van der Waals surface area contributed by atoms with E-state index in [9.17, 15) is 9.59 Å². The second-order valence-corrected chi connectivity index (χ2v) is 10.6. The maximum Gasteiger partial charge on any atom is 0.407 e. The van der Waals surface area contributed by atoms with E-state index >= 15 is 0 Å². The monoisotopic (exact) mass is 456 g/mol. The van der Waals surface area contributed by atoms with Gasteiger partial charge in [0.2, 0.25) is 5.91 Å². The zero-order chi connectivity index (χ0) is 22.7. The summed E-state index contributed by atoms with van der Waals surface area (Å²) in [6, 6.07) is 0.973. The van der Waals surface area contributed by atoms with E-state index in [1.807, 2.05) is 11.8 Å². The van der Waals surface area contributed by atoms with E-state index in [2.05, 4.69) is 48.6 Å². The molecule has 2 rings (SSSR count). The molecule has 178 valence electrons. The Morgan fingerprint density at radius 3 is 2.71 bits per heavy atom. The number of nitrogens with one attached hydrogen (secondary N) is 4. The van der Waals surface area contributed by atoms with Crippen LogP contribution in [0.2, 0.25) is 0 Å². The second-order valence-electron chi connectivity index (χ2n) is 9.35. The Morgan fingerprint density at radius 2 is 1.94 bits per heavy atom. The average molecular weight is 457 g/mol. The number of hydrogen-bond donors (Lipinski definition) is 4. The summed E-state index contributed by atoms with van der Waals surface area (Å²) in [6.07, 6.45) is 4.08. The number of fused-ring (bicyclic) bond motifs is 1. The molecule has 0 radical (unpaired) electrons. The highest BCUT2D eigenvalue weighted by Gasteiger charge is 2.40. The Bertz CT molecular complexity index is 597. The van der Waals surface area contributed by atoms with Crippen LogP contribution in [0.1, 0.15) is 52.9 Å². The normalized spacial score (nSPS) is 22.4. The number of ether oxygens (including phenoxy) is 2. The van der Waals surface area contributed by atoms with E-state index < -0.39 is 6.09 Å². The summed E-state index contributed by atoms with van der Waals surface area (Å²) in [5.41, 5.74) is 0.181. The van der Waals surface area contributed by atoms with Crippen LogP contribution in [-0.2, 0) is 14.3 Å². The van der Waals surface area contributed by atoms with Gasteiger partial charge in [-0.25, -0.2) is 4.79 Å². The van der Waals surface area contributed by atoms with E-state index in [-0.39, 0.29) is 17.9 Å². The van der Waals surface area contributed by atoms with Crippen molar-refractivity contribution in [2.24, 2.45) is 5.41 Å². The van der Waals surface area contributed by atoms with Crippen molar-refractivity contribution in [3.63, 3.8) is 0 Å². The van der Waals surface area contributed by atoms with Gasteiger partial charge in [-0.3, -0.25) is 4.79 Å². The van der Waals surface area contributed by atoms with Gasteiger partial charge in [0.25, 0.3) is 0 Å². The van der Waals surface area contributed by atoms with E-state index in [0.717, 1.165) is 37.3 Å². The fourth-order valence-electron chi connectivity index (χ4n) is 3.62. The zero-order valence-electron chi connectivity index (χ0n) is 19.3. The number of alkyl carbamates (subject to hydrolysis) is 1. The van der Waals surface area contributed by atoms with Crippen molar-refractivity contribution in [2.45, 2.75) is 70.2 Å². The Morgan fingerprint density at radius 1 is 1.13 bits per heavy atom. The smallest absolute Gasteiger partial charge is 0.407 e. The third kappa shape index (κ3) is 10.5. The molecule has 0 saturated carbocycles. The van der Waals surface area contributed by atoms with Gasteiger partial charge in [-0.15, -0.1) is 0 Å². The van der Waals surface area contributed by atoms with Gasteiger partial charge in [0.1, 0.15) is 6.61 Å². The third-order valence-electron chi connectivity index (χ3n) is 5.34. The number of hydrogen-bond acceptors (Lipinski definition) is 7. The Hall–Kier alpha value is -1.61. The Kier molecular flexibility index (Phi) is 10.8. The van der Waals surface area contributed by atoms with Crippen molar-refractivity contribution in [3.8, 4) is 0 Å². The summed E-state index contributed by atoms with van der Waals surface area (Å²) < 4.78 is 10.4. The standard InChI is InChI=1S/C22H40N4O4S/c1-16-25-17-15-31-18(20(17)26-16)7-5-6-8-19(27)23-11-12-29-13-14-30-21(28)24-10-9-22(2,3)4/h17-18,20,25-26H,1,5-15H2,2-4H3,(H,23,27)(H,24,28)/t17-,18+,20-/m1/s1. The summed E-state index contributed by atoms with van der Waals surface area (Å²) in [6.45, 7) is 12.3. The lowest BCUT2D eigenvalue weighted by atomic mass is 9.92. The summed E-state index contributed by atoms with van der Waals surface area (Å²) in [7, 11) is 0. The van der Waals surface area contributed by atoms with Crippen LogP contribution >= 0.6 is 11.8 Å². The molecule has 2 heterocycles. The molecule has 2 fully saturated rings. The first-order valence-electron chi connectivity index (χ1n) is 11.3. The molecule has 0 aromatic heterocycles. The Balaban J connectivity index is 1.37. The largest absolute Gasteiger partial charge is 0.447 e. The fraction of sp³-hybridized carbons (Fsp3) is 0.818. The number of thioether (sulfide) groups is 1. The lowest BCUT2D eigenvalue weighted by molar-refractivity contribution is -0.121. The van der Waals surface area contributed by atoms with E-state index in [4.69, 9.17) is 9.47 Å². The van der Waals surface area contributed by atoms with E-state index in [0.29, 0.717) is 50.1 Å². The number of carbonyl (C=O) groups excluding carboxylic acids is 2. The van der Waals surface area contributed by atoms with Gasteiger partial charge < -0.3 is 30.7 Å². The molecular formula is C22H40N4O4S. The first kappa shape index (κ1) is 25.6. The summed E-state index contributed by atoms with van der Waals surface area (Å²) in [5, 5.41) is 13.0. The maximum absolute atomic E-state index is 11.9. The molecular weight excluding hydrogens is 416 g/mol. The molecule has 0 aromatic rings. The number of rotatable bonds is 13. The summed E-state index contributed by atoms with van der Waals surface area (Å²) in [5.74, 6) is 2.12. The maximum atomic E-state index is 11.9. The van der Waals surface area contributed by atoms with Gasteiger partial charge in [-0.05, 0) is 24.7 Å².